The van der Waals surface area contributed by atoms with E-state index < -0.39 is 11.9 Å². The molecular weight excluding hydrogens is 783 g/mol. The number of amides is 3. The highest BCUT2D eigenvalue weighted by Crippen LogP contribution is 2.36. The van der Waals surface area contributed by atoms with Gasteiger partial charge in [0.2, 0.25) is 23.4 Å². The van der Waals surface area contributed by atoms with Crippen LogP contribution in [-0.4, -0.2) is 81.2 Å². The third kappa shape index (κ3) is 7.56. The zero-order valence-corrected chi connectivity index (χ0v) is 34.2. The fourth-order valence-corrected chi connectivity index (χ4v) is 9.10. The number of hydrogen-bond acceptors (Lipinski definition) is 9. The minimum Gasteiger partial charge on any atom is -0.481 e. The molecule has 0 radical (unpaired) electrons. The van der Waals surface area contributed by atoms with Crippen molar-refractivity contribution in [2.75, 3.05) is 24.6 Å². The molecule has 1 N–H and O–H groups in total. The fourth-order valence-electron chi connectivity index (χ4n) is 9.10. The Hall–Kier alpha value is -7.22. The fraction of sp³-hybridized carbons (Fsp3) is 0.306. The second-order valence-electron chi connectivity index (χ2n) is 16.3. The van der Waals surface area contributed by atoms with E-state index in [0.717, 1.165) is 83.1 Å². The first-order valence-electron chi connectivity index (χ1n) is 21.0. The third-order valence-electron chi connectivity index (χ3n) is 12.5. The van der Waals surface area contributed by atoms with Gasteiger partial charge in [-0.2, -0.15) is 0 Å². The van der Waals surface area contributed by atoms with Crippen LogP contribution in [0.25, 0.3) is 37.8 Å². The van der Waals surface area contributed by atoms with E-state index in [2.05, 4.69) is 72.8 Å². The Kier molecular flexibility index (Phi) is 10.3. The topological polar surface area (TPSA) is 132 Å². The van der Waals surface area contributed by atoms with Gasteiger partial charge in [-0.1, -0.05) is 36.1 Å². The summed E-state index contributed by atoms with van der Waals surface area (Å²) in [7, 11) is 2.08. The number of pyridine rings is 2. The van der Waals surface area contributed by atoms with Crippen molar-refractivity contribution >= 4 is 50.9 Å². The molecule has 1 atom stereocenters. The Bertz CT molecular complexity index is 2860. The maximum atomic E-state index is 13.0. The summed E-state index contributed by atoms with van der Waals surface area (Å²) in [5.74, 6) is 6.47. The number of benzene rings is 3. The number of nitrogens with zero attached hydrogens (tertiary/aromatic N) is 6. The third-order valence-corrected chi connectivity index (χ3v) is 12.5. The highest BCUT2D eigenvalue weighted by Gasteiger charge is 2.39. The first kappa shape index (κ1) is 38.9. The lowest BCUT2D eigenvalue weighted by molar-refractivity contribution is -0.136. The van der Waals surface area contributed by atoms with Crippen molar-refractivity contribution in [3.05, 3.63) is 119 Å². The number of rotatable bonds is 9. The molecule has 2 saturated heterocycles. The van der Waals surface area contributed by atoms with Crippen LogP contribution in [0.1, 0.15) is 60.0 Å². The van der Waals surface area contributed by atoms with Gasteiger partial charge in [0.25, 0.3) is 5.91 Å². The van der Waals surface area contributed by atoms with Crippen molar-refractivity contribution in [3.8, 4) is 34.6 Å². The Morgan fingerprint density at radius 2 is 1.73 bits per heavy atom. The van der Waals surface area contributed by atoms with Crippen molar-refractivity contribution in [1.29, 1.82) is 0 Å². The molecule has 62 heavy (non-hydrogen) atoms. The van der Waals surface area contributed by atoms with Crippen LogP contribution >= 0.6 is 0 Å². The van der Waals surface area contributed by atoms with Crippen molar-refractivity contribution in [3.63, 3.8) is 0 Å². The van der Waals surface area contributed by atoms with Gasteiger partial charge in [-0.15, -0.1) is 0 Å². The van der Waals surface area contributed by atoms with Gasteiger partial charge in [0.1, 0.15) is 24.5 Å². The molecular formula is C49H43N7O6. The quantitative estimate of drug-likeness (QED) is 0.0920. The molecule has 3 aromatic carbocycles. The molecule has 3 aromatic heterocycles. The van der Waals surface area contributed by atoms with Crippen LogP contribution in [0.15, 0.2) is 91.4 Å². The number of hydrogen-bond donors (Lipinski definition) is 1. The SMILES string of the molecule is [C-]#[N+]c1ccc(C#CCOc2ccc3c(c2)CN(C2CCC(=O)NC2=O)C3=O)cc1N1CCC(OC2CC(Oc3ccc(-c4ccc5c6cnccc6n(C)c5c4)cn3)C2)CC1. The molecule has 1 saturated carbocycles. The number of aryl methyl sites for hydroxylation is 1. The smallest absolute Gasteiger partial charge is 0.255 e. The van der Waals surface area contributed by atoms with Gasteiger partial charge in [0.05, 0.1) is 24.3 Å². The van der Waals surface area contributed by atoms with Gasteiger partial charge in [-0.3, -0.25) is 24.7 Å². The van der Waals surface area contributed by atoms with E-state index >= 15 is 0 Å². The summed E-state index contributed by atoms with van der Waals surface area (Å²) in [5.41, 5.74) is 8.00. The Labute approximate surface area is 358 Å². The van der Waals surface area contributed by atoms with Crippen LogP contribution in [0.2, 0.25) is 0 Å². The van der Waals surface area contributed by atoms with Crippen LogP contribution < -0.4 is 19.7 Å². The molecule has 0 bridgehead atoms. The average molecular weight is 826 g/mol. The number of carbonyl (C=O) groups excluding carboxylic acids is 3. The zero-order valence-electron chi connectivity index (χ0n) is 34.2. The maximum absolute atomic E-state index is 13.0. The largest absolute Gasteiger partial charge is 0.481 e. The van der Waals surface area contributed by atoms with Crippen LogP contribution in [0.3, 0.4) is 0 Å². The van der Waals surface area contributed by atoms with Gasteiger partial charge in [-0.25, -0.2) is 9.83 Å². The van der Waals surface area contributed by atoms with Crippen LogP contribution in [0.5, 0.6) is 11.6 Å². The predicted molar refractivity (Wildman–Crippen MR) is 233 cm³/mol. The number of fused-ring (bicyclic) bond motifs is 4. The minimum absolute atomic E-state index is 0.0755. The number of ether oxygens (including phenoxy) is 3. The second kappa shape index (κ2) is 16.3. The Morgan fingerprint density at radius 1 is 0.871 bits per heavy atom. The molecule has 3 amide bonds. The van der Waals surface area contributed by atoms with Crippen LogP contribution in [0.4, 0.5) is 11.4 Å². The molecule has 310 valence electrons. The zero-order chi connectivity index (χ0) is 42.3. The van der Waals surface area contributed by atoms with Crippen LogP contribution in [0, 0.1) is 18.4 Å². The molecule has 10 rings (SSSR count). The van der Waals surface area contributed by atoms with Crippen LogP contribution in [-0.2, 0) is 27.9 Å². The molecule has 13 nitrogen and oxygen atoms in total. The number of imide groups is 1. The van der Waals surface area contributed by atoms with Gasteiger partial charge in [0.15, 0.2) is 0 Å². The number of anilines is 1. The van der Waals surface area contributed by atoms with Gasteiger partial charge >= 0.3 is 0 Å². The summed E-state index contributed by atoms with van der Waals surface area (Å²) < 4.78 is 20.8. The lowest BCUT2D eigenvalue weighted by Gasteiger charge is -2.40. The highest BCUT2D eigenvalue weighted by atomic mass is 16.5. The van der Waals surface area contributed by atoms with Gasteiger partial charge in [0, 0.05) is 109 Å². The summed E-state index contributed by atoms with van der Waals surface area (Å²) in [5, 5.41) is 4.66. The van der Waals surface area contributed by atoms with Crippen molar-refractivity contribution in [1.82, 2.24) is 24.8 Å². The number of aromatic nitrogens is 3. The molecule has 3 fully saturated rings. The molecule has 13 heteroatoms. The van der Waals surface area contributed by atoms with Crippen molar-refractivity contribution in [2.45, 2.75) is 69.4 Å². The van der Waals surface area contributed by atoms with E-state index in [1.807, 2.05) is 48.9 Å². The Balaban J connectivity index is 0.682. The number of carbonyl (C=O) groups is 3. The van der Waals surface area contributed by atoms with E-state index in [0.29, 0.717) is 29.3 Å². The van der Waals surface area contributed by atoms with Gasteiger partial charge < -0.3 is 28.6 Å². The monoisotopic (exact) mass is 825 g/mol. The predicted octanol–water partition coefficient (Wildman–Crippen LogP) is 7.13. The molecule has 3 aliphatic heterocycles. The summed E-state index contributed by atoms with van der Waals surface area (Å²) in [4.78, 5) is 53.5. The average Bonchev–Trinajstić information content (AvgIpc) is 3.76. The van der Waals surface area contributed by atoms with Crippen molar-refractivity contribution < 1.29 is 28.6 Å². The molecule has 6 heterocycles. The molecule has 1 aliphatic carbocycles. The van der Waals surface area contributed by atoms with E-state index in [1.165, 1.54) is 10.3 Å². The van der Waals surface area contributed by atoms with E-state index in [-0.39, 0.29) is 49.7 Å². The van der Waals surface area contributed by atoms with E-state index in [9.17, 15) is 14.4 Å². The lowest BCUT2D eigenvalue weighted by Crippen LogP contribution is -2.52. The first-order chi connectivity index (χ1) is 30.3. The molecule has 6 aromatic rings. The van der Waals surface area contributed by atoms with Gasteiger partial charge in [-0.05, 0) is 72.9 Å². The first-order valence-corrected chi connectivity index (χ1v) is 21.0. The molecule has 1 unspecified atom stereocenters. The summed E-state index contributed by atoms with van der Waals surface area (Å²) in [6.45, 7) is 9.76. The minimum atomic E-state index is -0.665. The molecule has 0 spiro atoms. The summed E-state index contributed by atoms with van der Waals surface area (Å²) >= 11 is 0. The summed E-state index contributed by atoms with van der Waals surface area (Å²) in [6, 6.07) is 22.8. The number of nitrogens with one attached hydrogen (secondary N) is 1. The standard InChI is InChI=1S/C49H43N7O6/c1-50-41-11-5-30(4-3-21-60-35-8-10-38-33(23-35)29-56(49(38)59)43-12-13-46(57)53-48(43)58)22-45(41)55-19-16-34(17-20-55)61-36-25-37(26-36)62-47-14-7-32(27-52-47)31-6-9-39-40-28-51-18-15-42(40)54(2)44(39)24-31/h5-11,14-15,18,22-24,27-28,34,36-37,43H,12-13,16-17,19-21,25-26,29H2,2H3,(H,53,57,58). The van der Waals surface area contributed by atoms with E-state index in [1.54, 1.807) is 18.2 Å². The highest BCUT2D eigenvalue weighted by molar-refractivity contribution is 6.08. The normalized spacial score (nSPS) is 20.0. The maximum Gasteiger partial charge on any atom is 0.255 e. The Morgan fingerprint density at radius 3 is 2.53 bits per heavy atom. The number of piperidine rings is 2. The molecule has 4 aliphatic rings. The van der Waals surface area contributed by atoms with Crippen molar-refractivity contribution in [2.24, 2.45) is 7.05 Å². The summed E-state index contributed by atoms with van der Waals surface area (Å²) in [6.07, 6.45) is 9.93. The van der Waals surface area contributed by atoms with E-state index in [4.69, 9.17) is 20.8 Å². The second-order valence-corrected chi connectivity index (χ2v) is 16.3. The lowest BCUT2D eigenvalue weighted by atomic mass is 9.91.